The largest absolute Gasteiger partial charge is 0.449 e. The van der Waals surface area contributed by atoms with Crippen molar-refractivity contribution < 1.29 is 9.53 Å². The number of hydrogen-bond donors (Lipinski definition) is 0. The van der Waals surface area contributed by atoms with E-state index in [0.717, 1.165) is 16.4 Å². The highest BCUT2D eigenvalue weighted by molar-refractivity contribution is 7.40. The molecule has 1 atom stereocenters. The van der Waals surface area contributed by atoms with Gasteiger partial charge in [-0.25, -0.2) is 0 Å². The molecule has 0 saturated carbocycles. The van der Waals surface area contributed by atoms with Crippen LogP contribution in [-0.4, -0.2) is 24.4 Å². The maximum absolute atomic E-state index is 10.5. The van der Waals surface area contributed by atoms with E-state index in [9.17, 15) is 4.79 Å². The molecule has 1 unspecified atom stereocenters. The number of carbonyl (C=O) groups is 1. The molecule has 0 aromatic heterocycles. The van der Waals surface area contributed by atoms with Gasteiger partial charge in [-0.15, -0.1) is 0 Å². The van der Waals surface area contributed by atoms with Gasteiger partial charge in [-0.3, -0.25) is 4.79 Å². The Morgan fingerprint density at radius 3 is 2.64 bits per heavy atom. The molecule has 0 aromatic carbocycles. The highest BCUT2D eigenvalue weighted by Crippen LogP contribution is 2.11. The summed E-state index contributed by atoms with van der Waals surface area (Å²) in [5.41, 5.74) is 0. The topological polar surface area (TPSA) is 26.3 Å². The van der Waals surface area contributed by atoms with Gasteiger partial charge in [0.25, 0.3) is 0 Å². The van der Waals surface area contributed by atoms with Gasteiger partial charge in [0.1, 0.15) is 0 Å². The van der Waals surface area contributed by atoms with E-state index >= 15 is 0 Å². The molecule has 0 aliphatic carbocycles. The summed E-state index contributed by atoms with van der Waals surface area (Å²) in [4.78, 5) is 10.5. The average molecular weight is 188 g/mol. The molecule has 0 aromatic rings. The van der Waals surface area contributed by atoms with Crippen LogP contribution in [0.15, 0.2) is 11.9 Å². The van der Waals surface area contributed by atoms with Crippen molar-refractivity contribution in [3.05, 3.63) is 11.9 Å². The molecular formula is C7H10O2P2. The van der Waals surface area contributed by atoms with Crippen LogP contribution in [0.5, 0.6) is 0 Å². The molecule has 0 spiro atoms. The van der Waals surface area contributed by atoms with E-state index in [1.807, 2.05) is 5.82 Å². The van der Waals surface area contributed by atoms with Gasteiger partial charge in [0.05, 0.1) is 0 Å². The monoisotopic (exact) mass is 188 g/mol. The predicted molar refractivity (Wildman–Crippen MR) is 52.8 cm³/mol. The molecule has 0 rings (SSSR count). The van der Waals surface area contributed by atoms with E-state index in [0.29, 0.717) is 0 Å². The highest BCUT2D eigenvalue weighted by Gasteiger charge is 2.01. The fourth-order valence-corrected chi connectivity index (χ4v) is 1.29. The van der Waals surface area contributed by atoms with Crippen LogP contribution >= 0.6 is 16.4 Å². The van der Waals surface area contributed by atoms with Crippen molar-refractivity contribution in [2.45, 2.75) is 12.8 Å². The van der Waals surface area contributed by atoms with Crippen LogP contribution in [0.2, 0.25) is 0 Å². The van der Waals surface area contributed by atoms with Gasteiger partial charge in [-0.05, 0) is 11.9 Å². The van der Waals surface area contributed by atoms with E-state index in [2.05, 4.69) is 12.6 Å². The van der Waals surface area contributed by atoms with Crippen LogP contribution in [0.3, 0.4) is 0 Å². The van der Waals surface area contributed by atoms with Crippen LogP contribution in [0.25, 0.3) is 0 Å². The molecule has 0 aliphatic heterocycles. The first kappa shape index (κ1) is 10.6. The van der Waals surface area contributed by atoms with E-state index in [1.165, 1.54) is 6.92 Å². The second-order valence-corrected chi connectivity index (χ2v) is 3.24. The Balaban J connectivity index is 3.94. The minimum absolute atomic E-state index is 0.221. The molecule has 0 saturated heterocycles. The zero-order valence-electron chi connectivity index (χ0n) is 6.36. The van der Waals surface area contributed by atoms with E-state index in [-0.39, 0.29) is 11.8 Å². The van der Waals surface area contributed by atoms with E-state index < -0.39 is 0 Å². The zero-order valence-corrected chi connectivity index (χ0v) is 8.15. The minimum Gasteiger partial charge on any atom is -0.449 e. The number of ether oxygens (including phenoxy) is 1. The third kappa shape index (κ3) is 5.97. The van der Waals surface area contributed by atoms with Crippen LogP contribution in [-0.2, 0) is 9.53 Å². The van der Waals surface area contributed by atoms with Crippen LogP contribution in [0.4, 0.5) is 0 Å². The Hall–Kier alpha value is -0.450. The van der Waals surface area contributed by atoms with Gasteiger partial charge >= 0.3 is 5.97 Å². The molecule has 0 N–H and O–H groups in total. The maximum Gasteiger partial charge on any atom is 0.303 e. The lowest BCUT2D eigenvalue weighted by molar-refractivity contribution is -0.141. The number of rotatable bonds is 4. The lowest BCUT2D eigenvalue weighted by Gasteiger charge is -2.05. The Morgan fingerprint density at radius 2 is 2.27 bits per heavy atom. The summed E-state index contributed by atoms with van der Waals surface area (Å²) in [5, 5.41) is 0. The first-order valence-electron chi connectivity index (χ1n) is 2.96. The van der Waals surface area contributed by atoms with Gasteiger partial charge < -0.3 is 4.74 Å². The fourth-order valence-electron chi connectivity index (χ4n) is 0.442. The molecule has 0 amide bonds. The molecule has 2 nitrogen and oxygen atoms in total. The van der Waals surface area contributed by atoms with Crippen molar-refractivity contribution in [2.24, 2.45) is 0 Å². The lowest BCUT2D eigenvalue weighted by Crippen LogP contribution is -2.06. The summed E-state index contributed by atoms with van der Waals surface area (Å²) in [5.74, 6) is 1.32. The molecule has 0 aliphatic rings. The quantitative estimate of drug-likeness (QED) is 0.499. The van der Waals surface area contributed by atoms with Crippen molar-refractivity contribution in [3.63, 3.8) is 0 Å². The summed E-state index contributed by atoms with van der Waals surface area (Å²) < 4.78 is 4.87. The summed E-state index contributed by atoms with van der Waals surface area (Å²) in [6.45, 7) is 1.38. The first-order valence-corrected chi connectivity index (χ1v) is 5.26. The van der Waals surface area contributed by atoms with Crippen LogP contribution < -0.4 is 0 Å². The minimum atomic E-state index is -0.281. The highest BCUT2D eigenvalue weighted by atomic mass is 31.1. The van der Waals surface area contributed by atoms with Gasteiger partial charge in [0, 0.05) is 6.92 Å². The second-order valence-electron chi connectivity index (χ2n) is 1.71. The molecule has 0 bridgehead atoms. The molecule has 4 heteroatoms. The lowest BCUT2D eigenvalue weighted by atomic mass is 10.7. The SMILES string of the molecule is C=PC=CC(OC(C)=O)P=C. The molecule has 11 heavy (non-hydrogen) atoms. The zero-order chi connectivity index (χ0) is 8.69. The number of hydrogen-bond acceptors (Lipinski definition) is 2. The van der Waals surface area contributed by atoms with Gasteiger partial charge in [-0.2, -0.15) is 0 Å². The van der Waals surface area contributed by atoms with Gasteiger partial charge in [0.2, 0.25) is 0 Å². The summed E-state index contributed by atoms with van der Waals surface area (Å²) in [6, 6.07) is 0. The standard InChI is InChI=1S/C7H10O2P2/c1-6(8)9-7(11-3)4-5-10-2/h4-5,7H,2-3H2,1H3. The van der Waals surface area contributed by atoms with E-state index in [4.69, 9.17) is 4.74 Å². The van der Waals surface area contributed by atoms with Crippen molar-refractivity contribution >= 4 is 35.0 Å². The number of carbonyl (C=O) groups excluding carboxylic acids is 1. The Morgan fingerprint density at radius 1 is 1.64 bits per heavy atom. The van der Waals surface area contributed by atoms with Gasteiger partial charge in [0.15, 0.2) is 5.85 Å². The van der Waals surface area contributed by atoms with Crippen molar-refractivity contribution in [3.8, 4) is 0 Å². The molecule has 0 fully saturated rings. The molecule has 0 heterocycles. The summed E-state index contributed by atoms with van der Waals surface area (Å²) >= 11 is 0. The second kappa shape index (κ2) is 6.27. The Bertz CT molecular complexity index is 187. The fraction of sp³-hybridized carbons (Fsp3) is 0.286. The molecular weight excluding hydrogens is 178 g/mol. The Kier molecular flexibility index (Phi) is 6.02. The van der Waals surface area contributed by atoms with Crippen LogP contribution in [0.1, 0.15) is 6.92 Å². The molecule has 60 valence electrons. The third-order valence-corrected chi connectivity index (χ3v) is 1.84. The van der Waals surface area contributed by atoms with E-state index in [1.54, 1.807) is 6.08 Å². The third-order valence-electron chi connectivity index (χ3n) is 0.823. The number of esters is 1. The smallest absolute Gasteiger partial charge is 0.303 e. The van der Waals surface area contributed by atoms with Crippen LogP contribution in [0, 0.1) is 0 Å². The average Bonchev–Trinajstić information content (AvgIpc) is 1.97. The first-order chi connectivity index (χ1) is 5.20. The molecule has 0 radical (unpaired) electrons. The van der Waals surface area contributed by atoms with Crippen molar-refractivity contribution in [2.75, 3.05) is 0 Å². The summed E-state index contributed by atoms with van der Waals surface area (Å²) in [7, 11) is 1.69. The van der Waals surface area contributed by atoms with Gasteiger partial charge in [-0.1, -0.05) is 29.0 Å². The predicted octanol–water partition coefficient (Wildman–Crippen LogP) is 2.15. The van der Waals surface area contributed by atoms with Crippen molar-refractivity contribution in [1.29, 1.82) is 0 Å². The Labute approximate surface area is 69.9 Å². The normalized spacial score (nSPS) is 13.9. The van der Waals surface area contributed by atoms with Crippen molar-refractivity contribution in [1.82, 2.24) is 0 Å². The maximum atomic E-state index is 10.5. The summed E-state index contributed by atoms with van der Waals surface area (Å²) in [6.07, 6.45) is 8.99.